The van der Waals surface area contributed by atoms with Crippen LogP contribution < -0.4 is 10.1 Å². The van der Waals surface area contributed by atoms with Crippen LogP contribution in [0.15, 0.2) is 24.3 Å². The lowest BCUT2D eigenvalue weighted by atomic mass is 9.84. The van der Waals surface area contributed by atoms with E-state index in [4.69, 9.17) is 9.47 Å². The van der Waals surface area contributed by atoms with Crippen molar-refractivity contribution in [1.29, 1.82) is 0 Å². The highest BCUT2D eigenvalue weighted by atomic mass is 32.1. The van der Waals surface area contributed by atoms with Crippen LogP contribution in [0.5, 0.6) is 5.75 Å². The van der Waals surface area contributed by atoms with Crippen LogP contribution in [0.1, 0.15) is 25.7 Å². The Kier molecular flexibility index (Phi) is 7.54. The number of hydrogen-bond donors (Lipinski definition) is 1. The number of hydrogen-bond acceptors (Lipinski definition) is 7. The Morgan fingerprint density at radius 2 is 1.93 bits per heavy atom. The predicted molar refractivity (Wildman–Crippen MR) is 111 cm³/mol. The monoisotopic (exact) mass is 418 g/mol. The molecule has 0 radical (unpaired) electrons. The zero-order valence-electron chi connectivity index (χ0n) is 16.7. The minimum absolute atomic E-state index is 0.102. The highest BCUT2D eigenvalue weighted by Crippen LogP contribution is 2.29. The van der Waals surface area contributed by atoms with E-state index < -0.39 is 0 Å². The standard InChI is InChI=1S/C20H26N4O4S/c1-27-13-12-24(19(26)15-4-3-5-15)11-10-17(25)21-20-23-22-18(29-20)14-6-8-16(28-2)9-7-14/h6-9,15H,3-5,10-13H2,1-2H3,(H,21,23,25). The van der Waals surface area contributed by atoms with Gasteiger partial charge in [0.25, 0.3) is 0 Å². The molecule has 2 aromatic rings. The second-order valence-corrected chi connectivity index (χ2v) is 7.86. The number of aromatic nitrogens is 2. The van der Waals surface area contributed by atoms with Crippen LogP contribution in [0, 0.1) is 5.92 Å². The minimum atomic E-state index is -0.189. The Labute approximate surface area is 174 Å². The van der Waals surface area contributed by atoms with Gasteiger partial charge in [-0.05, 0) is 37.1 Å². The van der Waals surface area contributed by atoms with Crippen molar-refractivity contribution in [2.75, 3.05) is 39.2 Å². The summed E-state index contributed by atoms with van der Waals surface area (Å²) in [5.74, 6) is 0.802. The van der Waals surface area contributed by atoms with Crippen LogP contribution in [-0.2, 0) is 14.3 Å². The number of anilines is 1. The highest BCUT2D eigenvalue weighted by molar-refractivity contribution is 7.18. The fourth-order valence-electron chi connectivity index (χ4n) is 2.99. The quantitative estimate of drug-likeness (QED) is 0.638. The predicted octanol–water partition coefficient (Wildman–Crippen LogP) is 2.82. The van der Waals surface area contributed by atoms with Gasteiger partial charge in [0.15, 0.2) is 0 Å². The van der Waals surface area contributed by atoms with Gasteiger partial charge in [0.1, 0.15) is 10.8 Å². The Morgan fingerprint density at radius 3 is 2.55 bits per heavy atom. The number of methoxy groups -OCH3 is 2. The van der Waals surface area contributed by atoms with Crippen LogP contribution in [0.4, 0.5) is 5.13 Å². The number of nitrogens with one attached hydrogen (secondary N) is 1. The Morgan fingerprint density at radius 1 is 1.17 bits per heavy atom. The van der Waals surface area contributed by atoms with E-state index in [-0.39, 0.29) is 24.2 Å². The average molecular weight is 419 g/mol. The zero-order valence-corrected chi connectivity index (χ0v) is 17.5. The van der Waals surface area contributed by atoms with Gasteiger partial charge in [-0.15, -0.1) is 10.2 Å². The molecule has 1 N–H and O–H groups in total. The lowest BCUT2D eigenvalue weighted by Crippen LogP contribution is -2.42. The molecular weight excluding hydrogens is 392 g/mol. The lowest BCUT2D eigenvalue weighted by molar-refractivity contribution is -0.139. The molecule has 1 heterocycles. The summed E-state index contributed by atoms with van der Waals surface area (Å²) < 4.78 is 10.2. The fourth-order valence-corrected chi connectivity index (χ4v) is 3.75. The Bertz CT molecular complexity index is 820. The molecule has 1 aromatic carbocycles. The maximum atomic E-state index is 12.5. The summed E-state index contributed by atoms with van der Waals surface area (Å²) >= 11 is 1.30. The molecule has 156 valence electrons. The summed E-state index contributed by atoms with van der Waals surface area (Å²) in [4.78, 5) is 26.6. The molecule has 0 saturated heterocycles. The summed E-state index contributed by atoms with van der Waals surface area (Å²) in [6.45, 7) is 1.33. The molecule has 1 saturated carbocycles. The summed E-state index contributed by atoms with van der Waals surface area (Å²) in [7, 11) is 3.22. The van der Waals surface area contributed by atoms with E-state index in [1.807, 2.05) is 24.3 Å². The SMILES string of the molecule is COCCN(CCC(=O)Nc1nnc(-c2ccc(OC)cc2)s1)C(=O)C1CCC1. The summed E-state index contributed by atoms with van der Waals surface area (Å²) in [5, 5.41) is 12.1. The molecule has 0 atom stereocenters. The van der Waals surface area contributed by atoms with Crippen molar-refractivity contribution in [2.24, 2.45) is 5.92 Å². The first-order valence-corrected chi connectivity index (χ1v) is 10.5. The van der Waals surface area contributed by atoms with Gasteiger partial charge in [0, 0.05) is 38.1 Å². The maximum Gasteiger partial charge on any atom is 0.227 e. The van der Waals surface area contributed by atoms with E-state index in [1.54, 1.807) is 19.1 Å². The molecule has 1 aromatic heterocycles. The van der Waals surface area contributed by atoms with E-state index in [9.17, 15) is 9.59 Å². The van der Waals surface area contributed by atoms with Crippen molar-refractivity contribution in [1.82, 2.24) is 15.1 Å². The fraction of sp³-hybridized carbons (Fsp3) is 0.500. The van der Waals surface area contributed by atoms with Gasteiger partial charge in [-0.25, -0.2) is 0 Å². The van der Waals surface area contributed by atoms with Crippen LogP contribution in [0.25, 0.3) is 10.6 Å². The first kappa shape index (κ1) is 21.2. The molecule has 3 rings (SSSR count). The molecule has 1 fully saturated rings. The molecule has 29 heavy (non-hydrogen) atoms. The molecule has 0 spiro atoms. The first-order valence-electron chi connectivity index (χ1n) is 9.66. The number of ether oxygens (including phenoxy) is 2. The van der Waals surface area contributed by atoms with Gasteiger partial charge in [-0.2, -0.15) is 0 Å². The van der Waals surface area contributed by atoms with Crippen LogP contribution in [-0.4, -0.2) is 60.8 Å². The number of nitrogens with zero attached hydrogens (tertiary/aromatic N) is 3. The number of benzene rings is 1. The molecule has 8 nitrogen and oxygen atoms in total. The van der Waals surface area contributed by atoms with E-state index in [2.05, 4.69) is 15.5 Å². The third-order valence-electron chi connectivity index (χ3n) is 4.95. The molecule has 0 bridgehead atoms. The number of amides is 2. The molecule has 0 unspecified atom stereocenters. The first-order chi connectivity index (χ1) is 14.1. The molecule has 9 heteroatoms. The number of carbonyl (C=O) groups is 2. The summed E-state index contributed by atoms with van der Waals surface area (Å²) in [6.07, 6.45) is 3.18. The minimum Gasteiger partial charge on any atom is -0.497 e. The molecule has 1 aliphatic rings. The zero-order chi connectivity index (χ0) is 20.6. The van der Waals surface area contributed by atoms with Gasteiger partial charge in [-0.3, -0.25) is 9.59 Å². The summed E-state index contributed by atoms with van der Waals surface area (Å²) in [6, 6.07) is 7.49. The smallest absolute Gasteiger partial charge is 0.227 e. The normalized spacial score (nSPS) is 13.6. The van der Waals surface area contributed by atoms with Crippen molar-refractivity contribution in [2.45, 2.75) is 25.7 Å². The van der Waals surface area contributed by atoms with Crippen LogP contribution >= 0.6 is 11.3 Å². The second kappa shape index (κ2) is 10.3. The lowest BCUT2D eigenvalue weighted by Gasteiger charge is -2.31. The van der Waals surface area contributed by atoms with Crippen molar-refractivity contribution >= 4 is 28.3 Å². The Hall–Kier alpha value is -2.52. The number of carbonyl (C=O) groups excluding carboxylic acids is 2. The third kappa shape index (κ3) is 5.74. The van der Waals surface area contributed by atoms with Crippen molar-refractivity contribution in [3.8, 4) is 16.3 Å². The molecule has 0 aliphatic heterocycles. The van der Waals surface area contributed by atoms with Gasteiger partial charge < -0.3 is 19.7 Å². The van der Waals surface area contributed by atoms with Crippen LogP contribution in [0.3, 0.4) is 0 Å². The third-order valence-corrected chi connectivity index (χ3v) is 5.84. The molecular formula is C20H26N4O4S. The van der Waals surface area contributed by atoms with Gasteiger partial charge in [-0.1, -0.05) is 17.8 Å². The Balaban J connectivity index is 1.52. The van der Waals surface area contributed by atoms with Gasteiger partial charge in [0.2, 0.25) is 16.9 Å². The van der Waals surface area contributed by atoms with Crippen molar-refractivity contribution in [3.63, 3.8) is 0 Å². The number of rotatable bonds is 10. The van der Waals surface area contributed by atoms with Crippen molar-refractivity contribution in [3.05, 3.63) is 24.3 Å². The van der Waals surface area contributed by atoms with Crippen LogP contribution in [0.2, 0.25) is 0 Å². The van der Waals surface area contributed by atoms with Gasteiger partial charge >= 0.3 is 0 Å². The average Bonchev–Trinajstić information content (AvgIpc) is 3.15. The maximum absolute atomic E-state index is 12.5. The van der Waals surface area contributed by atoms with Crippen molar-refractivity contribution < 1.29 is 19.1 Å². The van der Waals surface area contributed by atoms with E-state index in [0.29, 0.717) is 29.8 Å². The van der Waals surface area contributed by atoms with E-state index >= 15 is 0 Å². The molecule has 2 amide bonds. The van der Waals surface area contributed by atoms with E-state index in [0.717, 1.165) is 30.6 Å². The van der Waals surface area contributed by atoms with Gasteiger partial charge in [0.05, 0.1) is 13.7 Å². The topological polar surface area (TPSA) is 93.7 Å². The second-order valence-electron chi connectivity index (χ2n) is 6.88. The highest BCUT2D eigenvalue weighted by Gasteiger charge is 2.29. The summed E-state index contributed by atoms with van der Waals surface area (Å²) in [5.41, 5.74) is 0.903. The van der Waals surface area contributed by atoms with E-state index in [1.165, 1.54) is 11.3 Å². The largest absolute Gasteiger partial charge is 0.497 e. The molecule has 1 aliphatic carbocycles.